The normalized spacial score (nSPS) is 11.2. The van der Waals surface area contributed by atoms with Gasteiger partial charge in [-0.3, -0.25) is 9.36 Å². The molecule has 0 atom stereocenters. The molecular formula is C23H18N2O4. The maximum atomic E-state index is 13.2. The fraction of sp³-hybridized carbons (Fsp3) is 0.0435. The minimum absolute atomic E-state index is 0.0464. The molecule has 4 aromatic rings. The van der Waals surface area contributed by atoms with E-state index in [1.807, 2.05) is 6.07 Å². The predicted octanol–water partition coefficient (Wildman–Crippen LogP) is 3.98. The molecular weight excluding hydrogens is 368 g/mol. The van der Waals surface area contributed by atoms with Crippen molar-refractivity contribution in [3.8, 4) is 22.9 Å². The Kier molecular flexibility index (Phi) is 4.75. The number of methoxy groups -OCH3 is 1. The van der Waals surface area contributed by atoms with Crippen LogP contribution in [-0.4, -0.2) is 26.9 Å². The van der Waals surface area contributed by atoms with Crippen LogP contribution in [0.2, 0.25) is 0 Å². The highest BCUT2D eigenvalue weighted by Gasteiger charge is 2.11. The SMILES string of the molecule is COc1cc(/C=C/c2nc3ccccc3c(=O)n2-c2cccc(O)c2)ccc1O. The van der Waals surface area contributed by atoms with Crippen molar-refractivity contribution in [2.24, 2.45) is 0 Å². The van der Waals surface area contributed by atoms with E-state index in [1.165, 1.54) is 23.8 Å². The van der Waals surface area contributed by atoms with E-state index in [1.54, 1.807) is 60.7 Å². The van der Waals surface area contributed by atoms with E-state index < -0.39 is 0 Å². The van der Waals surface area contributed by atoms with E-state index >= 15 is 0 Å². The van der Waals surface area contributed by atoms with Gasteiger partial charge in [-0.25, -0.2) is 4.98 Å². The van der Waals surface area contributed by atoms with Crippen LogP contribution in [-0.2, 0) is 0 Å². The Morgan fingerprint density at radius 2 is 1.79 bits per heavy atom. The summed E-state index contributed by atoms with van der Waals surface area (Å²) in [5.41, 5.74) is 1.63. The fourth-order valence-electron chi connectivity index (χ4n) is 3.11. The van der Waals surface area contributed by atoms with E-state index in [-0.39, 0.29) is 17.1 Å². The molecule has 6 nitrogen and oxygen atoms in total. The Labute approximate surface area is 166 Å². The zero-order valence-corrected chi connectivity index (χ0v) is 15.6. The third-order valence-electron chi connectivity index (χ3n) is 4.52. The molecule has 0 amide bonds. The molecule has 2 N–H and O–H groups in total. The van der Waals surface area contributed by atoms with Crippen molar-refractivity contribution in [1.29, 1.82) is 0 Å². The van der Waals surface area contributed by atoms with Gasteiger partial charge in [0.25, 0.3) is 5.56 Å². The van der Waals surface area contributed by atoms with Gasteiger partial charge in [-0.15, -0.1) is 0 Å². The second-order valence-electron chi connectivity index (χ2n) is 6.41. The van der Waals surface area contributed by atoms with Crippen molar-refractivity contribution in [2.75, 3.05) is 7.11 Å². The summed E-state index contributed by atoms with van der Waals surface area (Å²) in [5.74, 6) is 0.862. The molecule has 0 fully saturated rings. The minimum Gasteiger partial charge on any atom is -0.508 e. The molecule has 0 bridgehead atoms. The lowest BCUT2D eigenvalue weighted by Gasteiger charge is -2.12. The van der Waals surface area contributed by atoms with Crippen molar-refractivity contribution in [3.63, 3.8) is 0 Å². The zero-order chi connectivity index (χ0) is 20.4. The maximum absolute atomic E-state index is 13.2. The van der Waals surface area contributed by atoms with Gasteiger partial charge in [0.2, 0.25) is 0 Å². The van der Waals surface area contributed by atoms with E-state index in [4.69, 9.17) is 4.74 Å². The summed E-state index contributed by atoms with van der Waals surface area (Å²) in [7, 11) is 1.48. The topological polar surface area (TPSA) is 84.6 Å². The van der Waals surface area contributed by atoms with Gasteiger partial charge in [0.15, 0.2) is 11.5 Å². The van der Waals surface area contributed by atoms with Gasteiger partial charge >= 0.3 is 0 Å². The summed E-state index contributed by atoms with van der Waals surface area (Å²) in [5, 5.41) is 20.1. The number of benzene rings is 3. The number of aromatic nitrogens is 2. The maximum Gasteiger partial charge on any atom is 0.266 e. The highest BCUT2D eigenvalue weighted by Crippen LogP contribution is 2.27. The second-order valence-corrected chi connectivity index (χ2v) is 6.41. The Morgan fingerprint density at radius 1 is 0.966 bits per heavy atom. The molecule has 1 heterocycles. The van der Waals surface area contributed by atoms with Crippen molar-refractivity contribution < 1.29 is 14.9 Å². The number of nitrogens with zero attached hydrogens (tertiary/aromatic N) is 2. The molecule has 144 valence electrons. The van der Waals surface area contributed by atoms with Gasteiger partial charge in [0.05, 0.1) is 23.7 Å². The quantitative estimate of drug-likeness (QED) is 0.554. The van der Waals surface area contributed by atoms with Gasteiger partial charge in [-0.05, 0) is 48.0 Å². The van der Waals surface area contributed by atoms with Gasteiger partial charge in [0, 0.05) is 6.07 Å². The van der Waals surface area contributed by atoms with Crippen LogP contribution in [0.25, 0.3) is 28.7 Å². The van der Waals surface area contributed by atoms with E-state index in [0.29, 0.717) is 28.2 Å². The zero-order valence-electron chi connectivity index (χ0n) is 15.6. The van der Waals surface area contributed by atoms with Crippen LogP contribution in [0.15, 0.2) is 71.5 Å². The molecule has 3 aromatic carbocycles. The first-order valence-corrected chi connectivity index (χ1v) is 8.93. The number of phenolic OH excluding ortho intramolecular Hbond substituents is 2. The average molecular weight is 386 g/mol. The molecule has 0 radical (unpaired) electrons. The predicted molar refractivity (Wildman–Crippen MR) is 113 cm³/mol. The standard InChI is InChI=1S/C23H18N2O4/c1-29-21-13-15(9-11-20(21)27)10-12-22-24-19-8-3-2-7-18(19)23(28)25(22)16-5-4-6-17(26)14-16/h2-14,26-27H,1H3/b12-10+. The molecule has 0 aliphatic rings. The lowest BCUT2D eigenvalue weighted by molar-refractivity contribution is 0.373. The van der Waals surface area contributed by atoms with Gasteiger partial charge in [-0.2, -0.15) is 0 Å². The third kappa shape index (κ3) is 3.55. The van der Waals surface area contributed by atoms with Crippen molar-refractivity contribution in [2.45, 2.75) is 0 Å². The first-order valence-electron chi connectivity index (χ1n) is 8.93. The molecule has 1 aromatic heterocycles. The Morgan fingerprint density at radius 3 is 2.59 bits per heavy atom. The number of hydrogen-bond donors (Lipinski definition) is 2. The molecule has 4 rings (SSSR count). The Bertz CT molecular complexity index is 1290. The van der Waals surface area contributed by atoms with Crippen molar-refractivity contribution >= 4 is 23.1 Å². The summed E-state index contributed by atoms with van der Waals surface area (Å²) < 4.78 is 6.59. The fourth-order valence-corrected chi connectivity index (χ4v) is 3.11. The first-order chi connectivity index (χ1) is 14.1. The van der Waals surface area contributed by atoms with Crippen LogP contribution in [0.3, 0.4) is 0 Å². The number of rotatable bonds is 4. The van der Waals surface area contributed by atoms with Crippen LogP contribution in [0, 0.1) is 0 Å². The third-order valence-corrected chi connectivity index (χ3v) is 4.52. The Hall–Kier alpha value is -4.06. The van der Waals surface area contributed by atoms with Crippen LogP contribution in [0.1, 0.15) is 11.4 Å². The number of aromatic hydroxyl groups is 2. The average Bonchev–Trinajstić information content (AvgIpc) is 2.73. The van der Waals surface area contributed by atoms with Crippen molar-refractivity contribution in [3.05, 3.63) is 88.5 Å². The smallest absolute Gasteiger partial charge is 0.266 e. The summed E-state index contributed by atoms with van der Waals surface area (Å²) in [6, 6.07) is 18.5. The summed E-state index contributed by atoms with van der Waals surface area (Å²) in [4.78, 5) is 17.8. The van der Waals surface area contributed by atoms with Crippen molar-refractivity contribution in [1.82, 2.24) is 9.55 Å². The lowest BCUT2D eigenvalue weighted by atomic mass is 10.1. The van der Waals surface area contributed by atoms with Crippen LogP contribution in [0.5, 0.6) is 17.2 Å². The second kappa shape index (κ2) is 7.52. The molecule has 0 saturated heterocycles. The molecule has 0 aliphatic heterocycles. The largest absolute Gasteiger partial charge is 0.508 e. The van der Waals surface area contributed by atoms with Gasteiger partial charge in [0.1, 0.15) is 11.6 Å². The van der Waals surface area contributed by atoms with E-state index in [2.05, 4.69) is 4.98 Å². The summed E-state index contributed by atoms with van der Waals surface area (Å²) in [6.07, 6.45) is 3.49. The highest BCUT2D eigenvalue weighted by molar-refractivity contribution is 5.80. The number of phenols is 2. The molecule has 0 spiro atoms. The minimum atomic E-state index is -0.232. The number of hydrogen-bond acceptors (Lipinski definition) is 5. The van der Waals surface area contributed by atoms with E-state index in [9.17, 15) is 15.0 Å². The van der Waals surface area contributed by atoms with Gasteiger partial charge in [-0.1, -0.05) is 30.3 Å². The van der Waals surface area contributed by atoms with E-state index in [0.717, 1.165) is 5.56 Å². The Balaban J connectivity index is 1.91. The lowest BCUT2D eigenvalue weighted by Crippen LogP contribution is -2.22. The molecule has 6 heteroatoms. The first kappa shape index (κ1) is 18.3. The van der Waals surface area contributed by atoms with Crippen LogP contribution < -0.4 is 10.3 Å². The van der Waals surface area contributed by atoms with Crippen LogP contribution in [0.4, 0.5) is 0 Å². The monoisotopic (exact) mass is 386 g/mol. The molecule has 0 unspecified atom stereocenters. The van der Waals surface area contributed by atoms with Crippen LogP contribution >= 0.6 is 0 Å². The van der Waals surface area contributed by atoms with Gasteiger partial charge < -0.3 is 14.9 Å². The number of fused-ring (bicyclic) bond motifs is 1. The molecule has 0 saturated carbocycles. The number of para-hydroxylation sites is 1. The molecule has 0 aliphatic carbocycles. The number of ether oxygens (including phenoxy) is 1. The highest BCUT2D eigenvalue weighted by atomic mass is 16.5. The summed E-state index contributed by atoms with van der Waals surface area (Å²) >= 11 is 0. The summed E-state index contributed by atoms with van der Waals surface area (Å²) in [6.45, 7) is 0. The molecule has 29 heavy (non-hydrogen) atoms.